The Morgan fingerprint density at radius 3 is 3.07 bits per heavy atom. The lowest BCUT2D eigenvalue weighted by atomic mass is 9.99. The molecule has 82 valence electrons. The summed E-state index contributed by atoms with van der Waals surface area (Å²) < 4.78 is 0. The smallest absolute Gasteiger partial charge is 0.135 e. The van der Waals surface area contributed by atoms with Crippen LogP contribution in [-0.4, -0.2) is 12.3 Å². The van der Waals surface area contributed by atoms with E-state index in [1.165, 1.54) is 5.57 Å². The monoisotopic (exact) mass is 205 g/mol. The van der Waals surface area contributed by atoms with Crippen LogP contribution in [0.25, 0.3) is 0 Å². The Balaban J connectivity index is 2.06. The van der Waals surface area contributed by atoms with E-state index in [9.17, 15) is 0 Å². The van der Waals surface area contributed by atoms with E-state index >= 15 is 0 Å². The van der Waals surface area contributed by atoms with E-state index in [1.54, 1.807) is 6.08 Å². The average Bonchev–Trinajstić information content (AvgIpc) is 2.69. The summed E-state index contributed by atoms with van der Waals surface area (Å²) in [4.78, 5) is 5.16. The van der Waals surface area contributed by atoms with Crippen molar-refractivity contribution in [3.05, 3.63) is 24.3 Å². The minimum atomic E-state index is 0.469. The molecule has 2 rings (SSSR count). The van der Waals surface area contributed by atoms with Crippen molar-refractivity contribution in [1.29, 1.82) is 0 Å². The zero-order valence-corrected chi connectivity index (χ0v) is 9.79. The fourth-order valence-corrected chi connectivity index (χ4v) is 2.52. The number of rotatable bonds is 3. The molecule has 2 aliphatic carbocycles. The highest BCUT2D eigenvalue weighted by molar-refractivity contribution is 6.01. The molecule has 0 saturated heterocycles. The molecule has 1 saturated carbocycles. The molecule has 15 heavy (non-hydrogen) atoms. The molecule has 1 fully saturated rings. The molecule has 0 heterocycles. The van der Waals surface area contributed by atoms with E-state index in [1.807, 2.05) is 0 Å². The minimum absolute atomic E-state index is 0.469. The fraction of sp³-hybridized carbons (Fsp3) is 0.615. The largest absolute Gasteiger partial charge is 0.391 e. The summed E-state index contributed by atoms with van der Waals surface area (Å²) in [6, 6.07) is 0. The molecule has 2 atom stereocenters. The molecule has 2 nitrogen and oxygen atoms in total. The van der Waals surface area contributed by atoms with Crippen LogP contribution in [0.15, 0.2) is 29.5 Å². The Bertz CT molecular complexity index is 338. The van der Waals surface area contributed by atoms with Crippen LogP contribution >= 0.6 is 0 Å². The SMILES string of the molecule is C=CCO/N=C1\CC2C(C=C1C)C2(C)C. The fourth-order valence-electron chi connectivity index (χ4n) is 2.52. The van der Waals surface area contributed by atoms with Crippen molar-refractivity contribution in [3.8, 4) is 0 Å². The van der Waals surface area contributed by atoms with E-state index in [0.717, 1.165) is 24.0 Å². The Kier molecular flexibility index (Phi) is 2.45. The van der Waals surface area contributed by atoms with Crippen molar-refractivity contribution in [2.45, 2.75) is 27.2 Å². The molecule has 0 radical (unpaired) electrons. The zero-order valence-electron chi connectivity index (χ0n) is 9.79. The van der Waals surface area contributed by atoms with Crippen molar-refractivity contribution in [1.82, 2.24) is 0 Å². The van der Waals surface area contributed by atoms with E-state index in [0.29, 0.717) is 12.0 Å². The van der Waals surface area contributed by atoms with E-state index in [2.05, 4.69) is 38.6 Å². The Hall–Kier alpha value is -1.05. The van der Waals surface area contributed by atoms with Gasteiger partial charge in [0.2, 0.25) is 0 Å². The van der Waals surface area contributed by atoms with E-state index in [-0.39, 0.29) is 0 Å². The lowest BCUT2D eigenvalue weighted by Crippen LogP contribution is -2.08. The molecular formula is C13H19NO. The lowest BCUT2D eigenvalue weighted by Gasteiger charge is -2.10. The number of hydrogen-bond donors (Lipinski definition) is 0. The van der Waals surface area contributed by atoms with Gasteiger partial charge in [0.15, 0.2) is 0 Å². The second-order valence-electron chi connectivity index (χ2n) is 5.13. The maximum absolute atomic E-state index is 5.16. The first-order valence-corrected chi connectivity index (χ1v) is 5.56. The first-order chi connectivity index (χ1) is 7.07. The van der Waals surface area contributed by atoms with Gasteiger partial charge in [0.05, 0.1) is 5.71 Å². The average molecular weight is 205 g/mol. The van der Waals surface area contributed by atoms with Gasteiger partial charge in [-0.15, -0.1) is 0 Å². The van der Waals surface area contributed by atoms with Crippen LogP contribution in [0.3, 0.4) is 0 Å². The highest BCUT2D eigenvalue weighted by Gasteiger charge is 2.58. The molecule has 0 aromatic rings. The first kappa shape index (κ1) is 10.5. The van der Waals surface area contributed by atoms with Crippen LogP contribution in [-0.2, 0) is 4.84 Å². The van der Waals surface area contributed by atoms with Crippen LogP contribution in [0, 0.1) is 17.3 Å². The lowest BCUT2D eigenvalue weighted by molar-refractivity contribution is 0.174. The Morgan fingerprint density at radius 2 is 2.40 bits per heavy atom. The van der Waals surface area contributed by atoms with E-state index < -0.39 is 0 Å². The predicted octanol–water partition coefficient (Wildman–Crippen LogP) is 3.17. The van der Waals surface area contributed by atoms with Gasteiger partial charge >= 0.3 is 0 Å². The molecule has 0 aromatic heterocycles. The predicted molar refractivity (Wildman–Crippen MR) is 62.7 cm³/mol. The summed E-state index contributed by atoms with van der Waals surface area (Å²) in [7, 11) is 0. The van der Waals surface area contributed by atoms with Crippen LogP contribution in [0.2, 0.25) is 0 Å². The summed E-state index contributed by atoms with van der Waals surface area (Å²) in [6.45, 7) is 10.9. The van der Waals surface area contributed by atoms with Crippen LogP contribution < -0.4 is 0 Å². The van der Waals surface area contributed by atoms with Gasteiger partial charge in [0.25, 0.3) is 0 Å². The van der Waals surface area contributed by atoms with Gasteiger partial charge in [0, 0.05) is 0 Å². The zero-order chi connectivity index (χ0) is 11.1. The van der Waals surface area contributed by atoms with Gasteiger partial charge in [-0.3, -0.25) is 0 Å². The summed E-state index contributed by atoms with van der Waals surface area (Å²) >= 11 is 0. The number of oxime groups is 1. The quantitative estimate of drug-likeness (QED) is 0.394. The van der Waals surface area contributed by atoms with Gasteiger partial charge in [-0.1, -0.05) is 37.7 Å². The van der Waals surface area contributed by atoms with Crippen molar-refractivity contribution in [2.75, 3.05) is 6.61 Å². The van der Waals surface area contributed by atoms with Gasteiger partial charge < -0.3 is 4.84 Å². The topological polar surface area (TPSA) is 21.6 Å². The summed E-state index contributed by atoms with van der Waals surface area (Å²) in [5, 5.41) is 4.17. The second kappa shape index (κ2) is 3.51. The van der Waals surface area contributed by atoms with Gasteiger partial charge in [-0.2, -0.15) is 0 Å². The molecule has 2 unspecified atom stereocenters. The highest BCUT2D eigenvalue weighted by Crippen LogP contribution is 2.63. The number of hydrogen-bond acceptors (Lipinski definition) is 2. The summed E-state index contributed by atoms with van der Waals surface area (Å²) in [5.41, 5.74) is 2.87. The third kappa shape index (κ3) is 1.73. The minimum Gasteiger partial charge on any atom is -0.391 e. The standard InChI is InChI=1S/C13H19NO/c1-5-6-15-14-12-8-11-10(7-9(12)2)13(11,3)4/h5,7,10-11H,1,6,8H2,2-4H3/b14-12+. The molecule has 0 amide bonds. The molecule has 0 spiro atoms. The molecule has 0 bridgehead atoms. The first-order valence-electron chi connectivity index (χ1n) is 5.56. The van der Waals surface area contributed by atoms with Gasteiger partial charge in [-0.05, 0) is 36.2 Å². The van der Waals surface area contributed by atoms with Crippen LogP contribution in [0.5, 0.6) is 0 Å². The van der Waals surface area contributed by atoms with Crippen molar-refractivity contribution < 1.29 is 4.84 Å². The maximum atomic E-state index is 5.16. The van der Waals surface area contributed by atoms with Crippen LogP contribution in [0.4, 0.5) is 0 Å². The van der Waals surface area contributed by atoms with E-state index in [4.69, 9.17) is 4.84 Å². The number of fused-ring (bicyclic) bond motifs is 1. The van der Waals surface area contributed by atoms with Gasteiger partial charge in [0.1, 0.15) is 6.61 Å². The van der Waals surface area contributed by atoms with Crippen molar-refractivity contribution in [3.63, 3.8) is 0 Å². The van der Waals surface area contributed by atoms with Crippen molar-refractivity contribution >= 4 is 5.71 Å². The number of nitrogens with zero attached hydrogens (tertiary/aromatic N) is 1. The van der Waals surface area contributed by atoms with Crippen LogP contribution in [0.1, 0.15) is 27.2 Å². The molecular weight excluding hydrogens is 186 g/mol. The Labute approximate surface area is 91.7 Å². The molecule has 0 aromatic carbocycles. The second-order valence-corrected chi connectivity index (χ2v) is 5.13. The van der Waals surface area contributed by atoms with Crippen molar-refractivity contribution in [2.24, 2.45) is 22.4 Å². The normalized spacial score (nSPS) is 34.3. The maximum Gasteiger partial charge on any atom is 0.135 e. The third-order valence-electron chi connectivity index (χ3n) is 3.80. The third-order valence-corrected chi connectivity index (χ3v) is 3.80. The molecule has 2 heteroatoms. The molecule has 2 aliphatic rings. The molecule has 0 N–H and O–H groups in total. The van der Waals surface area contributed by atoms with Gasteiger partial charge in [-0.25, -0.2) is 0 Å². The molecule has 0 aliphatic heterocycles. The summed E-state index contributed by atoms with van der Waals surface area (Å²) in [5.74, 6) is 1.53. The highest BCUT2D eigenvalue weighted by atomic mass is 16.6. The Morgan fingerprint density at radius 1 is 1.67 bits per heavy atom. The summed E-state index contributed by atoms with van der Waals surface area (Å²) in [6.07, 6.45) is 5.14. The number of allylic oxidation sites excluding steroid dienone is 2.